The van der Waals surface area contributed by atoms with E-state index in [1.165, 1.54) is 11.1 Å². The average molecular weight is 382 g/mol. The molecule has 2 aromatic heterocycles. The van der Waals surface area contributed by atoms with Gasteiger partial charge in [-0.05, 0) is 35.3 Å². The standard InChI is InChI=1S/C26H27N3/c1-4-7-20-11-13-22(14-12-20)21(8-5-2)9-6-10-23-17-24(19(3)27)25-18-28-16-15-26(25)29-23/h5-6,8-9,11-18H,2-4,7,10,27H2,1H3/b9-6-,21-8+. The Morgan fingerprint density at radius 3 is 2.66 bits per heavy atom. The number of benzene rings is 1. The van der Waals surface area contributed by atoms with Gasteiger partial charge in [-0.3, -0.25) is 9.97 Å². The van der Waals surface area contributed by atoms with E-state index in [4.69, 9.17) is 10.7 Å². The van der Waals surface area contributed by atoms with Crippen LogP contribution in [0.3, 0.4) is 0 Å². The van der Waals surface area contributed by atoms with Gasteiger partial charge >= 0.3 is 0 Å². The maximum absolute atomic E-state index is 5.99. The second-order valence-corrected chi connectivity index (χ2v) is 6.99. The zero-order valence-corrected chi connectivity index (χ0v) is 16.9. The van der Waals surface area contributed by atoms with Crippen molar-refractivity contribution < 1.29 is 0 Å². The van der Waals surface area contributed by atoms with Gasteiger partial charge in [-0.15, -0.1) is 0 Å². The molecule has 0 atom stereocenters. The van der Waals surface area contributed by atoms with Gasteiger partial charge in [0.15, 0.2) is 0 Å². The Morgan fingerprint density at radius 2 is 1.97 bits per heavy atom. The third-order valence-corrected chi connectivity index (χ3v) is 4.76. The van der Waals surface area contributed by atoms with Crippen LogP contribution in [0.5, 0.6) is 0 Å². The number of fused-ring (bicyclic) bond motifs is 1. The number of pyridine rings is 2. The van der Waals surface area contributed by atoms with Crippen molar-refractivity contribution in [2.75, 3.05) is 0 Å². The summed E-state index contributed by atoms with van der Waals surface area (Å²) in [5.41, 5.74) is 12.9. The van der Waals surface area contributed by atoms with Crippen molar-refractivity contribution in [2.24, 2.45) is 5.73 Å². The van der Waals surface area contributed by atoms with Crippen LogP contribution in [-0.4, -0.2) is 9.97 Å². The Labute approximate surface area is 173 Å². The first-order valence-corrected chi connectivity index (χ1v) is 9.89. The maximum atomic E-state index is 5.99. The molecule has 0 saturated carbocycles. The minimum absolute atomic E-state index is 0.523. The van der Waals surface area contributed by atoms with Crippen LogP contribution < -0.4 is 5.73 Å². The van der Waals surface area contributed by atoms with Gasteiger partial charge in [0.05, 0.1) is 5.52 Å². The SMILES string of the molecule is C=C/C=C(\C=C/Cc1cc(C(=C)N)c2cnccc2n1)c1ccc(CCC)cc1. The number of nitrogens with zero attached hydrogens (tertiary/aromatic N) is 2. The number of aromatic nitrogens is 2. The summed E-state index contributed by atoms with van der Waals surface area (Å²) in [6.45, 7) is 9.94. The molecule has 3 rings (SSSR count). The van der Waals surface area contributed by atoms with E-state index in [2.05, 4.69) is 61.5 Å². The van der Waals surface area contributed by atoms with E-state index in [-0.39, 0.29) is 0 Å². The molecular weight excluding hydrogens is 354 g/mol. The third-order valence-electron chi connectivity index (χ3n) is 4.76. The summed E-state index contributed by atoms with van der Waals surface area (Å²) in [6.07, 6.45) is 14.6. The highest BCUT2D eigenvalue weighted by atomic mass is 14.7. The molecule has 0 aliphatic carbocycles. The Kier molecular flexibility index (Phi) is 6.75. The molecule has 0 radical (unpaired) electrons. The second-order valence-electron chi connectivity index (χ2n) is 6.99. The van der Waals surface area contributed by atoms with Gasteiger partial charge in [-0.1, -0.05) is 75.1 Å². The predicted molar refractivity (Wildman–Crippen MR) is 124 cm³/mol. The molecule has 146 valence electrons. The highest BCUT2D eigenvalue weighted by Crippen LogP contribution is 2.22. The molecule has 3 aromatic rings. The fraction of sp³-hybridized carbons (Fsp3) is 0.154. The highest BCUT2D eigenvalue weighted by molar-refractivity contribution is 5.90. The smallest absolute Gasteiger partial charge is 0.0743 e. The Hall–Kier alpha value is -3.46. The van der Waals surface area contributed by atoms with Gasteiger partial charge in [-0.2, -0.15) is 0 Å². The van der Waals surface area contributed by atoms with Gasteiger partial charge in [0.25, 0.3) is 0 Å². The predicted octanol–water partition coefficient (Wildman–Crippen LogP) is 5.88. The molecule has 3 nitrogen and oxygen atoms in total. The number of aryl methyl sites for hydroxylation is 1. The molecule has 2 N–H and O–H groups in total. The van der Waals surface area contributed by atoms with E-state index in [0.717, 1.165) is 40.6 Å². The second kappa shape index (κ2) is 9.65. The number of allylic oxidation sites excluding steroid dienone is 5. The Morgan fingerprint density at radius 1 is 1.17 bits per heavy atom. The fourth-order valence-corrected chi connectivity index (χ4v) is 3.33. The Bertz CT molecular complexity index is 1070. The van der Waals surface area contributed by atoms with Crippen molar-refractivity contribution in [3.05, 3.63) is 109 Å². The van der Waals surface area contributed by atoms with Crippen LogP contribution >= 0.6 is 0 Å². The van der Waals surface area contributed by atoms with Gasteiger partial charge in [-0.25, -0.2) is 0 Å². The van der Waals surface area contributed by atoms with Crippen LogP contribution in [0, 0.1) is 0 Å². The first-order valence-electron chi connectivity index (χ1n) is 9.89. The Balaban J connectivity index is 1.84. The number of rotatable bonds is 8. The monoisotopic (exact) mass is 381 g/mol. The summed E-state index contributed by atoms with van der Waals surface area (Å²) >= 11 is 0. The molecule has 0 spiro atoms. The lowest BCUT2D eigenvalue weighted by Crippen LogP contribution is -1.99. The quantitative estimate of drug-likeness (QED) is 0.496. The first kappa shape index (κ1) is 20.3. The van der Waals surface area contributed by atoms with Crippen LogP contribution in [-0.2, 0) is 12.8 Å². The van der Waals surface area contributed by atoms with E-state index in [1.54, 1.807) is 12.4 Å². The molecule has 0 fully saturated rings. The number of nitrogens with two attached hydrogens (primary N) is 1. The highest BCUT2D eigenvalue weighted by Gasteiger charge is 2.06. The zero-order valence-electron chi connectivity index (χ0n) is 16.9. The van der Waals surface area contributed by atoms with E-state index in [1.807, 2.05) is 24.3 Å². The van der Waals surface area contributed by atoms with Gasteiger partial charge in [0, 0.05) is 41.2 Å². The van der Waals surface area contributed by atoms with Crippen LogP contribution in [0.15, 0.2) is 86.3 Å². The van der Waals surface area contributed by atoms with Gasteiger partial charge < -0.3 is 5.73 Å². The van der Waals surface area contributed by atoms with Gasteiger partial charge in [0.1, 0.15) is 0 Å². The fourth-order valence-electron chi connectivity index (χ4n) is 3.33. The normalized spacial score (nSPS) is 11.8. The lowest BCUT2D eigenvalue weighted by atomic mass is 10.0. The molecule has 1 aromatic carbocycles. The topological polar surface area (TPSA) is 51.8 Å². The minimum Gasteiger partial charge on any atom is -0.399 e. The summed E-state index contributed by atoms with van der Waals surface area (Å²) in [6, 6.07) is 12.6. The summed E-state index contributed by atoms with van der Waals surface area (Å²) in [4.78, 5) is 8.91. The average Bonchev–Trinajstić information content (AvgIpc) is 2.73. The van der Waals surface area contributed by atoms with Crippen molar-refractivity contribution in [1.82, 2.24) is 9.97 Å². The molecule has 0 aliphatic heterocycles. The lowest BCUT2D eigenvalue weighted by molar-refractivity contribution is 0.922. The summed E-state index contributed by atoms with van der Waals surface area (Å²) in [5.74, 6) is 0. The molecule has 0 aliphatic rings. The van der Waals surface area contributed by atoms with Crippen molar-refractivity contribution in [1.29, 1.82) is 0 Å². The third kappa shape index (κ3) is 5.08. The van der Waals surface area contributed by atoms with Crippen LogP contribution in [0.4, 0.5) is 0 Å². The molecule has 0 amide bonds. The first-order chi connectivity index (χ1) is 14.1. The minimum atomic E-state index is 0.523. The van der Waals surface area contributed by atoms with Crippen molar-refractivity contribution >= 4 is 22.2 Å². The number of hydrogen-bond donors (Lipinski definition) is 1. The summed E-state index contributed by atoms with van der Waals surface area (Å²) < 4.78 is 0. The van der Waals surface area contributed by atoms with Crippen LogP contribution in [0.25, 0.3) is 22.2 Å². The van der Waals surface area contributed by atoms with Gasteiger partial charge in [0.2, 0.25) is 0 Å². The molecule has 2 heterocycles. The van der Waals surface area contributed by atoms with E-state index in [0.29, 0.717) is 12.1 Å². The van der Waals surface area contributed by atoms with Crippen molar-refractivity contribution in [3.8, 4) is 0 Å². The zero-order chi connectivity index (χ0) is 20.6. The number of hydrogen-bond acceptors (Lipinski definition) is 3. The molecule has 0 unspecified atom stereocenters. The molecule has 29 heavy (non-hydrogen) atoms. The van der Waals surface area contributed by atoms with Crippen LogP contribution in [0.2, 0.25) is 0 Å². The van der Waals surface area contributed by atoms with E-state index in [9.17, 15) is 0 Å². The molecule has 3 heteroatoms. The molecule has 0 saturated heterocycles. The van der Waals surface area contributed by atoms with E-state index < -0.39 is 0 Å². The van der Waals surface area contributed by atoms with Crippen LogP contribution in [0.1, 0.15) is 35.7 Å². The molecule has 0 bridgehead atoms. The summed E-state index contributed by atoms with van der Waals surface area (Å²) in [7, 11) is 0. The largest absolute Gasteiger partial charge is 0.399 e. The summed E-state index contributed by atoms with van der Waals surface area (Å²) in [5, 5.41) is 0.923. The lowest BCUT2D eigenvalue weighted by Gasteiger charge is -2.08. The van der Waals surface area contributed by atoms with Crippen molar-refractivity contribution in [2.45, 2.75) is 26.2 Å². The van der Waals surface area contributed by atoms with E-state index >= 15 is 0 Å². The van der Waals surface area contributed by atoms with Crippen molar-refractivity contribution in [3.63, 3.8) is 0 Å². The molecular formula is C26H27N3. The maximum Gasteiger partial charge on any atom is 0.0743 e.